The molecule has 0 aliphatic heterocycles. The van der Waals surface area contributed by atoms with E-state index in [1.165, 1.54) is 0 Å². The van der Waals surface area contributed by atoms with Crippen LogP contribution in [0, 0.1) is 0 Å². The van der Waals surface area contributed by atoms with Crippen LogP contribution >= 0.6 is 0 Å². The molecule has 2 heterocycles. The maximum absolute atomic E-state index is 12.4. The molecule has 0 amide bonds. The number of pyridine rings is 1. The molecule has 0 saturated carbocycles. The summed E-state index contributed by atoms with van der Waals surface area (Å²) in [5.41, 5.74) is 1.85. The Hall–Kier alpha value is -2.55. The van der Waals surface area contributed by atoms with Gasteiger partial charge < -0.3 is 24.5 Å². The lowest BCUT2D eigenvalue weighted by molar-refractivity contribution is -0.142. The zero-order valence-electron chi connectivity index (χ0n) is 18.1. The van der Waals surface area contributed by atoms with Crippen molar-refractivity contribution in [2.24, 2.45) is 0 Å². The highest BCUT2D eigenvalue weighted by atomic mass is 16.5. The predicted octanol–water partition coefficient (Wildman–Crippen LogP) is 2.20. The van der Waals surface area contributed by atoms with Crippen molar-refractivity contribution in [3.05, 3.63) is 35.8 Å². The molecule has 0 bridgehead atoms. The lowest BCUT2D eigenvalue weighted by atomic mass is 10.1. The molecule has 0 atom stereocenters. The van der Waals surface area contributed by atoms with Crippen LogP contribution in [0.4, 0.5) is 0 Å². The minimum atomic E-state index is -0.953. The summed E-state index contributed by atoms with van der Waals surface area (Å²) in [5, 5.41) is 14.4. The number of hydrogen-bond donors (Lipinski definition) is 2. The van der Waals surface area contributed by atoms with E-state index in [1.807, 2.05) is 35.8 Å². The third-order valence-corrected chi connectivity index (χ3v) is 4.64. The summed E-state index contributed by atoms with van der Waals surface area (Å²) in [7, 11) is 1.80. The first-order valence-electron chi connectivity index (χ1n) is 10.2. The lowest BCUT2D eigenvalue weighted by Gasteiger charge is -2.20. The second kappa shape index (κ2) is 9.51. The Kier molecular flexibility index (Phi) is 7.02. The third kappa shape index (κ3) is 5.13. The first-order chi connectivity index (χ1) is 14.3. The average molecular weight is 415 g/mol. The normalized spacial score (nSPS) is 12.0. The maximum atomic E-state index is 12.4. The molecule has 0 aliphatic carbocycles. The van der Waals surface area contributed by atoms with Crippen molar-refractivity contribution in [2.45, 2.75) is 45.9 Å². The molecule has 3 rings (SSSR count). The number of nitrogens with one attached hydrogen (secondary N) is 1. The van der Waals surface area contributed by atoms with Crippen LogP contribution < -0.4 is 5.32 Å². The Morgan fingerprint density at radius 2 is 2.03 bits per heavy atom. The van der Waals surface area contributed by atoms with Crippen LogP contribution in [0.2, 0.25) is 0 Å². The predicted molar refractivity (Wildman–Crippen MR) is 115 cm³/mol. The van der Waals surface area contributed by atoms with E-state index in [2.05, 4.69) is 5.32 Å². The van der Waals surface area contributed by atoms with Crippen LogP contribution in [0.1, 0.15) is 32.3 Å². The second-order valence-electron chi connectivity index (χ2n) is 7.84. The number of carbonyl (C=O) groups excluding carboxylic acids is 1. The quantitative estimate of drug-likeness (QED) is 0.388. The minimum Gasteiger partial charge on any atom is -0.464 e. The van der Waals surface area contributed by atoms with E-state index in [0.717, 1.165) is 16.4 Å². The molecule has 1 aromatic carbocycles. The van der Waals surface area contributed by atoms with Gasteiger partial charge in [0.2, 0.25) is 0 Å². The van der Waals surface area contributed by atoms with Crippen molar-refractivity contribution in [1.29, 1.82) is 0 Å². The Morgan fingerprint density at radius 1 is 1.27 bits per heavy atom. The number of aromatic nitrogens is 3. The van der Waals surface area contributed by atoms with Crippen molar-refractivity contribution in [3.63, 3.8) is 0 Å². The van der Waals surface area contributed by atoms with Gasteiger partial charge >= 0.3 is 5.97 Å². The van der Waals surface area contributed by atoms with Crippen LogP contribution in [0.25, 0.3) is 21.9 Å². The molecule has 0 radical (unpaired) electrons. The molecule has 0 fully saturated rings. The van der Waals surface area contributed by atoms with Gasteiger partial charge in [-0.3, -0.25) is 4.79 Å². The standard InChI is InChI=1S/C22H30N4O4/c1-5-29-13-18-25-20-17(12-19(27)30-11-10-23-4)24-16-9-7-6-8-15(16)21(20)26(18)14-22(2,3)28/h6-9,23,28H,5,10-14H2,1-4H3. The number of fused-ring (bicyclic) bond motifs is 3. The molecule has 0 saturated heterocycles. The molecule has 162 valence electrons. The summed E-state index contributed by atoms with van der Waals surface area (Å²) in [6, 6.07) is 7.74. The molecule has 0 unspecified atom stereocenters. The van der Waals surface area contributed by atoms with E-state index in [-0.39, 0.29) is 12.4 Å². The number of para-hydroxylation sites is 1. The van der Waals surface area contributed by atoms with Gasteiger partial charge in [-0.2, -0.15) is 0 Å². The van der Waals surface area contributed by atoms with Crippen LogP contribution in [0.3, 0.4) is 0 Å². The largest absolute Gasteiger partial charge is 0.464 e. The number of esters is 1. The number of aliphatic hydroxyl groups is 1. The molecule has 0 aliphatic rings. The first kappa shape index (κ1) is 22.1. The number of ether oxygens (including phenoxy) is 2. The molecule has 2 N–H and O–H groups in total. The zero-order chi connectivity index (χ0) is 21.7. The van der Waals surface area contributed by atoms with Crippen LogP contribution in [-0.4, -0.2) is 58.0 Å². The van der Waals surface area contributed by atoms with Gasteiger partial charge in [0.1, 0.15) is 24.6 Å². The molecule has 2 aromatic heterocycles. The van der Waals surface area contributed by atoms with E-state index in [9.17, 15) is 9.90 Å². The Labute approximate surface area is 176 Å². The van der Waals surface area contributed by atoms with Gasteiger partial charge in [0.25, 0.3) is 0 Å². The molecule has 8 nitrogen and oxygen atoms in total. The highest BCUT2D eigenvalue weighted by molar-refractivity contribution is 6.04. The number of rotatable bonds is 10. The van der Waals surface area contributed by atoms with Crippen molar-refractivity contribution >= 4 is 27.9 Å². The van der Waals surface area contributed by atoms with E-state index in [0.29, 0.717) is 49.9 Å². The lowest BCUT2D eigenvalue weighted by Crippen LogP contribution is -2.27. The maximum Gasteiger partial charge on any atom is 0.311 e. The van der Waals surface area contributed by atoms with Gasteiger partial charge in [-0.25, -0.2) is 9.97 Å². The van der Waals surface area contributed by atoms with E-state index in [4.69, 9.17) is 19.4 Å². The number of nitrogens with zero attached hydrogens (tertiary/aromatic N) is 3. The number of hydrogen-bond acceptors (Lipinski definition) is 7. The SMILES string of the molecule is CCOCc1nc2c(CC(=O)OCCNC)nc3ccccc3c2n1CC(C)(C)O. The van der Waals surface area contributed by atoms with Crippen molar-refractivity contribution < 1.29 is 19.4 Å². The van der Waals surface area contributed by atoms with E-state index < -0.39 is 5.60 Å². The van der Waals surface area contributed by atoms with Gasteiger partial charge in [0.05, 0.1) is 35.3 Å². The summed E-state index contributed by atoms with van der Waals surface area (Å²) in [6.07, 6.45) is 0.0264. The highest BCUT2D eigenvalue weighted by Crippen LogP contribution is 2.29. The van der Waals surface area contributed by atoms with Crippen molar-refractivity contribution in [1.82, 2.24) is 19.9 Å². The van der Waals surface area contributed by atoms with Crippen molar-refractivity contribution in [3.8, 4) is 0 Å². The first-order valence-corrected chi connectivity index (χ1v) is 10.2. The summed E-state index contributed by atoms with van der Waals surface area (Å²) in [5.74, 6) is 0.342. The summed E-state index contributed by atoms with van der Waals surface area (Å²) in [6.45, 7) is 7.52. The van der Waals surface area contributed by atoms with Crippen molar-refractivity contribution in [2.75, 3.05) is 26.8 Å². The number of imidazole rings is 1. The fraction of sp³-hybridized carbons (Fsp3) is 0.500. The summed E-state index contributed by atoms with van der Waals surface area (Å²) < 4.78 is 12.9. The van der Waals surface area contributed by atoms with E-state index >= 15 is 0 Å². The summed E-state index contributed by atoms with van der Waals surface area (Å²) in [4.78, 5) is 21.9. The van der Waals surface area contributed by atoms with E-state index in [1.54, 1.807) is 20.9 Å². The monoisotopic (exact) mass is 414 g/mol. The van der Waals surface area contributed by atoms with Gasteiger partial charge in [-0.05, 0) is 33.9 Å². The molecule has 8 heteroatoms. The smallest absolute Gasteiger partial charge is 0.311 e. The minimum absolute atomic E-state index is 0.0264. The fourth-order valence-electron chi connectivity index (χ4n) is 3.38. The fourth-order valence-corrected chi connectivity index (χ4v) is 3.38. The topological polar surface area (TPSA) is 98.5 Å². The molecular weight excluding hydrogens is 384 g/mol. The second-order valence-corrected chi connectivity index (χ2v) is 7.84. The van der Waals surface area contributed by atoms with Gasteiger partial charge in [0, 0.05) is 18.5 Å². The number of benzene rings is 1. The van der Waals surface area contributed by atoms with Crippen LogP contribution in [-0.2, 0) is 33.8 Å². The van der Waals surface area contributed by atoms with Crippen LogP contribution in [0.15, 0.2) is 24.3 Å². The summed E-state index contributed by atoms with van der Waals surface area (Å²) >= 11 is 0. The number of likely N-dealkylation sites (N-methyl/N-ethyl adjacent to an activating group) is 1. The Bertz CT molecular complexity index is 1020. The Morgan fingerprint density at radius 3 is 2.73 bits per heavy atom. The number of carbonyl (C=O) groups is 1. The molecule has 0 spiro atoms. The van der Waals surface area contributed by atoms with Gasteiger partial charge in [-0.15, -0.1) is 0 Å². The average Bonchev–Trinajstić information content (AvgIpc) is 3.04. The third-order valence-electron chi connectivity index (χ3n) is 4.64. The van der Waals surface area contributed by atoms with Gasteiger partial charge in [0.15, 0.2) is 0 Å². The highest BCUT2D eigenvalue weighted by Gasteiger charge is 2.24. The van der Waals surface area contributed by atoms with Crippen LogP contribution in [0.5, 0.6) is 0 Å². The molecular formula is C22H30N4O4. The van der Waals surface area contributed by atoms with Gasteiger partial charge in [-0.1, -0.05) is 18.2 Å². The molecule has 3 aromatic rings. The zero-order valence-corrected chi connectivity index (χ0v) is 18.1. The Balaban J connectivity index is 2.15. The molecule has 30 heavy (non-hydrogen) atoms.